The van der Waals surface area contributed by atoms with E-state index in [0.717, 1.165) is 44.9 Å². The normalized spacial score (nSPS) is 15.5. The van der Waals surface area contributed by atoms with E-state index in [9.17, 15) is 43.1 Å². The third kappa shape index (κ3) is 32.5. The first-order valence-electron chi connectivity index (χ1n) is 29.8. The van der Waals surface area contributed by atoms with Gasteiger partial charge in [-0.1, -0.05) is 76.8 Å². The highest BCUT2D eigenvalue weighted by molar-refractivity contribution is 7.51. The lowest BCUT2D eigenvalue weighted by Crippen LogP contribution is -2.52. The minimum absolute atomic E-state index is 0.0444. The lowest BCUT2D eigenvalue weighted by atomic mass is 9.87. The number of nitrogens with zero attached hydrogens (tertiary/aromatic N) is 3. The summed E-state index contributed by atoms with van der Waals surface area (Å²) in [6, 6.07) is 7.49. The number of ketones is 2. The van der Waals surface area contributed by atoms with Crippen molar-refractivity contribution in [3.63, 3.8) is 0 Å². The number of imidazole rings is 1. The van der Waals surface area contributed by atoms with Gasteiger partial charge in [-0.3, -0.25) is 33.3 Å². The quantitative estimate of drug-likeness (QED) is 0.0445. The van der Waals surface area contributed by atoms with E-state index in [2.05, 4.69) is 39.9 Å². The molecule has 1 aromatic carbocycles. The Morgan fingerprint density at radius 3 is 1.80 bits per heavy atom. The Labute approximate surface area is 491 Å². The van der Waals surface area contributed by atoms with Gasteiger partial charge in [-0.05, 0) is 62.8 Å². The van der Waals surface area contributed by atoms with Crippen LogP contribution in [0.4, 0.5) is 0 Å². The average molecular weight is 1200 g/mol. The second kappa shape index (κ2) is 43.2. The van der Waals surface area contributed by atoms with Gasteiger partial charge in [0.15, 0.2) is 11.6 Å². The van der Waals surface area contributed by atoms with Crippen molar-refractivity contribution in [3.8, 4) is 0 Å². The first kappa shape index (κ1) is 72.7. The standard InChI is InChI=1S/C59H99N6O17P/c1-45(2)38-52(63-59(71)53-19-15-22-65(53)56(68)20-23-76-26-27-78-30-31-80-34-35-82-37-36-81-33-32-79-29-28-77-25-24-75-5)55(67)40-49(58(70)62-47(4)54(66)41-51(57(60)69)46(3)43-83(72,73)74)39-50-42-61-44-64(50)21-14-9-7-6-8-11-16-48-17-12-10-13-18-48/h10,12-13,17-18,42,44-47,49,51-53H,6-9,11,14-16,19-41,43H2,1-5H3,(H2,60,69)(H,62,70)(H,63,71)(H2,72,73,74)/t46-,47-,49+,51-,52-,53-/m0/s1. The highest BCUT2D eigenvalue weighted by Crippen LogP contribution is 2.39. The van der Waals surface area contributed by atoms with Crippen LogP contribution in [0.3, 0.4) is 0 Å². The van der Waals surface area contributed by atoms with Crippen LogP contribution in [0.2, 0.25) is 0 Å². The van der Waals surface area contributed by atoms with Crippen molar-refractivity contribution >= 4 is 42.8 Å². The fraction of sp³-hybridized carbons (Fsp3) is 0.746. The van der Waals surface area contributed by atoms with E-state index in [1.54, 1.807) is 19.6 Å². The molecule has 24 heteroatoms. The zero-order valence-electron chi connectivity index (χ0n) is 50.1. The fourth-order valence-corrected chi connectivity index (χ4v) is 10.7. The number of amides is 4. The summed E-state index contributed by atoms with van der Waals surface area (Å²) in [4.78, 5) is 107. The van der Waals surface area contributed by atoms with Gasteiger partial charge in [0.2, 0.25) is 23.6 Å². The van der Waals surface area contributed by atoms with E-state index in [1.807, 2.05) is 24.5 Å². The summed E-state index contributed by atoms with van der Waals surface area (Å²) >= 11 is 0. The number of unbranched alkanes of at least 4 members (excludes halogenated alkanes) is 5. The molecule has 1 aliphatic rings. The summed E-state index contributed by atoms with van der Waals surface area (Å²) in [5.74, 6) is -6.40. The van der Waals surface area contributed by atoms with E-state index < -0.39 is 85.3 Å². The SMILES string of the molecule is COCCOCCOCCOCCOCCOCCOCCOCCC(=O)N1CCC[C@H]1C(=O)N[C@@H](CC(C)C)C(=O)C[C@@H](Cc1cncn1CCCCCCCCc1ccccc1)C(=O)N[C@@H](C)C(=O)C[C@H](C(N)=O)[C@@H](C)CP(=O)(O)O. The average Bonchev–Trinajstić information content (AvgIpc) is 4.23. The third-order valence-electron chi connectivity index (χ3n) is 14.3. The van der Waals surface area contributed by atoms with Gasteiger partial charge < -0.3 is 73.5 Å². The maximum Gasteiger partial charge on any atom is 0.325 e. The number of Topliss-reactive ketones (excluding diaryl/α,β-unsaturated/α-hetero) is 2. The lowest BCUT2D eigenvalue weighted by Gasteiger charge is -2.28. The van der Waals surface area contributed by atoms with Crippen molar-refractivity contribution in [3.05, 3.63) is 54.1 Å². The molecule has 6 atom stereocenters. The number of likely N-dealkylation sites (tertiary alicyclic amines) is 1. The van der Waals surface area contributed by atoms with E-state index in [-0.39, 0.29) is 50.7 Å². The number of hydrogen-bond acceptors (Lipinski definition) is 16. The number of aromatic nitrogens is 2. The van der Waals surface area contributed by atoms with Gasteiger partial charge >= 0.3 is 7.60 Å². The van der Waals surface area contributed by atoms with Gasteiger partial charge in [-0.15, -0.1) is 0 Å². The Kier molecular flexibility index (Phi) is 37.8. The Balaban J connectivity index is 1.50. The molecule has 6 N–H and O–H groups in total. The van der Waals surface area contributed by atoms with Crippen LogP contribution < -0.4 is 16.4 Å². The van der Waals surface area contributed by atoms with Gasteiger partial charge in [-0.2, -0.15) is 0 Å². The van der Waals surface area contributed by atoms with E-state index >= 15 is 0 Å². The topological polar surface area (TPSA) is 305 Å². The zero-order valence-corrected chi connectivity index (χ0v) is 51.0. The molecule has 2 aromatic rings. The van der Waals surface area contributed by atoms with E-state index in [4.69, 9.17) is 43.6 Å². The van der Waals surface area contributed by atoms with Gasteiger partial charge in [0.25, 0.3) is 0 Å². The number of benzene rings is 1. The number of ether oxygens (including phenoxy) is 8. The van der Waals surface area contributed by atoms with Crippen molar-refractivity contribution in [2.24, 2.45) is 29.4 Å². The van der Waals surface area contributed by atoms with Gasteiger partial charge in [0.05, 0.1) is 136 Å². The first-order chi connectivity index (χ1) is 39.9. The molecule has 1 fully saturated rings. The summed E-state index contributed by atoms with van der Waals surface area (Å²) in [7, 11) is -2.91. The predicted octanol–water partition coefficient (Wildman–Crippen LogP) is 4.64. The minimum Gasteiger partial charge on any atom is -0.382 e. The number of nitrogens with two attached hydrogens (primary N) is 1. The van der Waals surface area contributed by atoms with Crippen molar-refractivity contribution in [1.82, 2.24) is 25.1 Å². The van der Waals surface area contributed by atoms with E-state index in [1.165, 1.54) is 24.3 Å². The van der Waals surface area contributed by atoms with Gasteiger partial charge in [0, 0.05) is 57.3 Å². The van der Waals surface area contributed by atoms with Crippen LogP contribution in [-0.4, -0.2) is 196 Å². The number of primary amides is 1. The van der Waals surface area contributed by atoms with Crippen molar-refractivity contribution < 1.29 is 81.0 Å². The molecule has 472 valence electrons. The van der Waals surface area contributed by atoms with Crippen LogP contribution in [0.5, 0.6) is 0 Å². The summed E-state index contributed by atoms with van der Waals surface area (Å²) in [5, 5.41) is 5.67. The number of aryl methyl sites for hydroxylation is 2. The highest BCUT2D eigenvalue weighted by Gasteiger charge is 2.38. The Hall–Kier alpha value is -4.52. The summed E-state index contributed by atoms with van der Waals surface area (Å²) in [5.41, 5.74) is 7.62. The second-order valence-electron chi connectivity index (χ2n) is 21.7. The van der Waals surface area contributed by atoms with Crippen LogP contribution in [0.1, 0.15) is 116 Å². The Morgan fingerprint density at radius 1 is 0.711 bits per heavy atom. The van der Waals surface area contributed by atoms with Gasteiger partial charge in [0.1, 0.15) is 6.04 Å². The zero-order chi connectivity index (χ0) is 60.7. The van der Waals surface area contributed by atoms with Crippen molar-refractivity contribution in [2.75, 3.05) is 119 Å². The predicted molar refractivity (Wildman–Crippen MR) is 311 cm³/mol. The van der Waals surface area contributed by atoms with Gasteiger partial charge in [-0.25, -0.2) is 4.98 Å². The van der Waals surface area contributed by atoms with Crippen molar-refractivity contribution in [2.45, 2.75) is 142 Å². The van der Waals surface area contributed by atoms with Crippen LogP contribution in [0.25, 0.3) is 0 Å². The maximum absolute atomic E-state index is 14.5. The molecule has 0 spiro atoms. The monoisotopic (exact) mass is 1190 g/mol. The molecule has 0 bridgehead atoms. The summed E-state index contributed by atoms with van der Waals surface area (Å²) < 4.78 is 57.2. The third-order valence-corrected chi connectivity index (χ3v) is 15.3. The molecule has 0 saturated carbocycles. The molecule has 83 heavy (non-hydrogen) atoms. The number of hydrogen-bond donors (Lipinski definition) is 5. The number of methoxy groups -OCH3 is 1. The molecule has 4 amide bonds. The van der Waals surface area contributed by atoms with Crippen LogP contribution >= 0.6 is 7.60 Å². The molecule has 23 nitrogen and oxygen atoms in total. The highest BCUT2D eigenvalue weighted by atomic mass is 31.2. The fourth-order valence-electron chi connectivity index (χ4n) is 9.68. The number of carbonyl (C=O) groups excluding carboxylic acids is 6. The summed E-state index contributed by atoms with van der Waals surface area (Å²) in [6.45, 7) is 13.9. The van der Waals surface area contributed by atoms with Crippen LogP contribution in [0, 0.1) is 23.7 Å². The Bertz CT molecular complexity index is 2180. The number of rotatable bonds is 51. The molecule has 1 saturated heterocycles. The largest absolute Gasteiger partial charge is 0.382 e. The Morgan fingerprint density at radius 2 is 1.25 bits per heavy atom. The molecule has 0 radical (unpaired) electrons. The molecule has 3 rings (SSSR count). The number of nitrogens with one attached hydrogen (secondary N) is 2. The minimum atomic E-state index is -4.54. The van der Waals surface area contributed by atoms with Crippen molar-refractivity contribution in [1.29, 1.82) is 0 Å². The van der Waals surface area contributed by atoms with E-state index in [0.29, 0.717) is 118 Å². The second-order valence-corrected chi connectivity index (χ2v) is 23.4. The molecule has 1 aromatic heterocycles. The molecular weight excluding hydrogens is 1100 g/mol. The molecule has 0 unspecified atom stereocenters. The van der Waals surface area contributed by atoms with Crippen LogP contribution in [0.15, 0.2) is 42.9 Å². The summed E-state index contributed by atoms with van der Waals surface area (Å²) in [6.07, 6.45) is 10.7. The molecule has 0 aliphatic carbocycles. The number of carbonyl (C=O) groups is 6. The molecular formula is C59H99N6O17P. The lowest BCUT2D eigenvalue weighted by molar-refractivity contribution is -0.140. The smallest absolute Gasteiger partial charge is 0.325 e. The maximum atomic E-state index is 14.5. The molecule has 1 aliphatic heterocycles. The first-order valence-corrected chi connectivity index (χ1v) is 31.5. The molecule has 2 heterocycles. The van der Waals surface area contributed by atoms with Crippen LogP contribution in [-0.2, 0) is 90.6 Å².